The predicted molar refractivity (Wildman–Crippen MR) is 107 cm³/mol. The number of carbonyl (C=O) groups excluding carboxylic acids is 1. The zero-order valence-electron chi connectivity index (χ0n) is 15.8. The van der Waals surface area contributed by atoms with Crippen molar-refractivity contribution in [2.24, 2.45) is 0 Å². The molecule has 1 N–H and O–H groups in total. The lowest BCUT2D eigenvalue weighted by Crippen LogP contribution is -2.28. The summed E-state index contributed by atoms with van der Waals surface area (Å²) in [6.45, 7) is 7.67. The molecule has 0 aliphatic carbocycles. The summed E-state index contributed by atoms with van der Waals surface area (Å²) >= 11 is 1.28. The van der Waals surface area contributed by atoms with Crippen LogP contribution < -0.4 is 5.32 Å². The molecule has 5 nitrogen and oxygen atoms in total. The van der Waals surface area contributed by atoms with Crippen LogP contribution in [0.2, 0.25) is 0 Å². The third-order valence-corrected chi connectivity index (χ3v) is 5.64. The van der Waals surface area contributed by atoms with Crippen LogP contribution in [0.4, 0.5) is 0 Å². The number of hydrogen-bond donors (Lipinski definition) is 1. The van der Waals surface area contributed by atoms with Crippen LogP contribution in [0.25, 0.3) is 11.0 Å². The number of amides is 1. The molecule has 0 saturated carbocycles. The zero-order valence-corrected chi connectivity index (χ0v) is 16.6. The van der Waals surface area contributed by atoms with Crippen molar-refractivity contribution in [3.05, 3.63) is 58.5 Å². The molecule has 2 heterocycles. The summed E-state index contributed by atoms with van der Waals surface area (Å²) in [6, 6.07) is 11.7. The Labute approximate surface area is 162 Å². The van der Waals surface area contributed by atoms with E-state index in [2.05, 4.69) is 16.4 Å². The number of nitrogens with one attached hydrogen (secondary N) is 1. The molecule has 138 valence electrons. The number of nitrogens with zero attached hydrogens (tertiary/aromatic N) is 2. The third kappa shape index (κ3) is 3.99. The molecule has 3 rings (SSSR count). The second-order valence-electron chi connectivity index (χ2n) is 6.50. The van der Waals surface area contributed by atoms with Gasteiger partial charge < -0.3 is 9.73 Å². The number of aryl methyl sites for hydroxylation is 1. The van der Waals surface area contributed by atoms with Crippen molar-refractivity contribution in [3.8, 4) is 6.07 Å². The van der Waals surface area contributed by atoms with Gasteiger partial charge in [-0.2, -0.15) is 5.26 Å². The molecule has 27 heavy (non-hydrogen) atoms. The van der Waals surface area contributed by atoms with Crippen LogP contribution >= 0.6 is 11.8 Å². The Kier molecular flexibility index (Phi) is 5.52. The number of fused-ring (bicyclic) bond motifs is 1. The van der Waals surface area contributed by atoms with Crippen LogP contribution in [-0.4, -0.2) is 16.6 Å². The van der Waals surface area contributed by atoms with Gasteiger partial charge >= 0.3 is 0 Å². The normalized spacial score (nSPS) is 12.0. The molecule has 0 aliphatic heterocycles. The first-order valence-electron chi connectivity index (χ1n) is 8.69. The molecule has 0 fully saturated rings. The lowest BCUT2D eigenvalue weighted by Gasteiger charge is -2.13. The van der Waals surface area contributed by atoms with E-state index in [0.717, 1.165) is 27.8 Å². The van der Waals surface area contributed by atoms with Gasteiger partial charge in [-0.25, -0.2) is 4.98 Å². The topological polar surface area (TPSA) is 78.9 Å². The molecule has 1 atom stereocenters. The minimum atomic E-state index is -0.240. The lowest BCUT2D eigenvalue weighted by molar-refractivity contribution is -0.119. The standard InChI is InChI=1S/C21H21N3O2S/c1-12-13(2)17(10-22)21(24-14(12)3)27-11-20(25)23-15(4)19-9-16-7-5-6-8-18(16)26-19/h5-9,15H,11H2,1-4H3,(H,23,25)/t15-/m1/s1. The maximum Gasteiger partial charge on any atom is 0.231 e. The van der Waals surface area contributed by atoms with Gasteiger partial charge in [0.1, 0.15) is 22.4 Å². The minimum absolute atomic E-state index is 0.130. The quantitative estimate of drug-likeness (QED) is 0.656. The molecule has 0 spiro atoms. The molecule has 0 unspecified atom stereocenters. The van der Waals surface area contributed by atoms with E-state index in [1.165, 1.54) is 11.8 Å². The molecule has 0 aliphatic rings. The van der Waals surface area contributed by atoms with Crippen LogP contribution in [-0.2, 0) is 4.79 Å². The van der Waals surface area contributed by atoms with Gasteiger partial charge in [-0.15, -0.1) is 0 Å². The Bertz CT molecular complexity index is 1020. The number of para-hydroxylation sites is 1. The minimum Gasteiger partial charge on any atom is -0.459 e. The van der Waals surface area contributed by atoms with E-state index < -0.39 is 0 Å². The van der Waals surface area contributed by atoms with Crippen LogP contribution in [0.15, 0.2) is 39.8 Å². The SMILES string of the molecule is Cc1nc(SCC(=O)N[C@H](C)c2cc3ccccc3o2)c(C#N)c(C)c1C. The number of benzene rings is 1. The van der Waals surface area contributed by atoms with Crippen molar-refractivity contribution >= 4 is 28.6 Å². The Balaban J connectivity index is 1.67. The Hall–Kier alpha value is -2.78. The molecule has 6 heteroatoms. The van der Waals surface area contributed by atoms with Gasteiger partial charge in [-0.1, -0.05) is 30.0 Å². The summed E-state index contributed by atoms with van der Waals surface area (Å²) in [5.41, 5.74) is 4.16. The zero-order chi connectivity index (χ0) is 19.6. The first-order chi connectivity index (χ1) is 12.9. The van der Waals surface area contributed by atoms with Crippen molar-refractivity contribution in [3.63, 3.8) is 0 Å². The number of carbonyl (C=O) groups is 1. The highest BCUT2D eigenvalue weighted by Crippen LogP contribution is 2.27. The maximum absolute atomic E-state index is 12.4. The van der Waals surface area contributed by atoms with Crippen LogP contribution in [0.1, 0.15) is 41.1 Å². The third-order valence-electron chi connectivity index (χ3n) is 4.66. The molecule has 2 aromatic heterocycles. The number of nitriles is 1. The molecule has 3 aromatic rings. The fourth-order valence-corrected chi connectivity index (χ4v) is 3.75. The fraction of sp³-hybridized carbons (Fsp3) is 0.286. The van der Waals surface area contributed by atoms with Gasteiger partial charge in [0.05, 0.1) is 17.4 Å². The maximum atomic E-state index is 12.4. The summed E-state index contributed by atoms with van der Waals surface area (Å²) in [7, 11) is 0. The van der Waals surface area contributed by atoms with Crippen molar-refractivity contribution in [2.45, 2.75) is 38.8 Å². The number of thioether (sulfide) groups is 1. The Morgan fingerprint density at radius 3 is 2.74 bits per heavy atom. The number of aromatic nitrogens is 1. The Morgan fingerprint density at radius 1 is 1.30 bits per heavy atom. The van der Waals surface area contributed by atoms with Crippen LogP contribution in [0, 0.1) is 32.1 Å². The summed E-state index contributed by atoms with van der Waals surface area (Å²) in [5, 5.41) is 14.0. The van der Waals surface area contributed by atoms with Gasteiger partial charge in [0, 0.05) is 11.1 Å². The van der Waals surface area contributed by atoms with Crippen molar-refractivity contribution in [1.82, 2.24) is 10.3 Å². The van der Waals surface area contributed by atoms with Crippen molar-refractivity contribution in [1.29, 1.82) is 5.26 Å². The molecular weight excluding hydrogens is 358 g/mol. The fourth-order valence-electron chi connectivity index (χ4n) is 2.85. The molecule has 0 saturated heterocycles. The highest BCUT2D eigenvalue weighted by atomic mass is 32.2. The summed E-state index contributed by atoms with van der Waals surface area (Å²) in [5.74, 6) is 0.774. The van der Waals surface area contributed by atoms with Crippen LogP contribution in [0.5, 0.6) is 0 Å². The first-order valence-corrected chi connectivity index (χ1v) is 9.67. The van der Waals surface area contributed by atoms with Gasteiger partial charge in [-0.3, -0.25) is 4.79 Å². The summed E-state index contributed by atoms with van der Waals surface area (Å²) in [4.78, 5) is 16.9. The average Bonchev–Trinajstić information content (AvgIpc) is 3.09. The van der Waals surface area contributed by atoms with E-state index in [-0.39, 0.29) is 17.7 Å². The number of pyridine rings is 1. The summed E-state index contributed by atoms with van der Waals surface area (Å²) < 4.78 is 5.80. The first kappa shape index (κ1) is 19.0. The average molecular weight is 379 g/mol. The largest absolute Gasteiger partial charge is 0.459 e. The second kappa shape index (κ2) is 7.85. The van der Waals surface area contributed by atoms with Crippen molar-refractivity contribution in [2.75, 3.05) is 5.75 Å². The van der Waals surface area contributed by atoms with E-state index in [0.29, 0.717) is 16.3 Å². The van der Waals surface area contributed by atoms with Gasteiger partial charge in [0.2, 0.25) is 5.91 Å². The smallest absolute Gasteiger partial charge is 0.231 e. The number of furan rings is 1. The van der Waals surface area contributed by atoms with E-state index >= 15 is 0 Å². The van der Waals surface area contributed by atoms with Crippen LogP contribution in [0.3, 0.4) is 0 Å². The number of hydrogen-bond acceptors (Lipinski definition) is 5. The molecule has 1 aromatic carbocycles. The molecule has 0 radical (unpaired) electrons. The molecular formula is C21H21N3O2S. The monoisotopic (exact) mass is 379 g/mol. The van der Waals surface area contributed by atoms with Gasteiger partial charge in [0.15, 0.2) is 0 Å². The Morgan fingerprint density at radius 2 is 2.04 bits per heavy atom. The lowest BCUT2D eigenvalue weighted by atomic mass is 10.1. The predicted octanol–water partition coefficient (Wildman–Crippen LogP) is 4.59. The summed E-state index contributed by atoms with van der Waals surface area (Å²) in [6.07, 6.45) is 0. The molecule has 0 bridgehead atoms. The van der Waals surface area contributed by atoms with E-state index in [1.807, 2.05) is 58.0 Å². The van der Waals surface area contributed by atoms with Crippen molar-refractivity contribution < 1.29 is 9.21 Å². The number of rotatable bonds is 5. The van der Waals surface area contributed by atoms with E-state index in [1.54, 1.807) is 0 Å². The van der Waals surface area contributed by atoms with Gasteiger partial charge in [-0.05, 0) is 51.0 Å². The second-order valence-corrected chi connectivity index (χ2v) is 7.47. The van der Waals surface area contributed by atoms with E-state index in [9.17, 15) is 10.1 Å². The molecule has 1 amide bonds. The van der Waals surface area contributed by atoms with E-state index in [4.69, 9.17) is 4.42 Å². The highest BCUT2D eigenvalue weighted by molar-refractivity contribution is 8.00. The van der Waals surface area contributed by atoms with Gasteiger partial charge in [0.25, 0.3) is 0 Å². The highest BCUT2D eigenvalue weighted by Gasteiger charge is 2.17.